The summed E-state index contributed by atoms with van der Waals surface area (Å²) in [5.41, 5.74) is 0. The van der Waals surface area contributed by atoms with Crippen molar-refractivity contribution in [1.82, 2.24) is 10.2 Å². The largest absolute Gasteiger partial charge is 0.343 e. The number of unbranched alkanes of at least 4 members (excludes halogenated alkanes) is 4. The van der Waals surface area contributed by atoms with Crippen LogP contribution in [-0.4, -0.2) is 55.9 Å². The quantitative estimate of drug-likeness (QED) is 0.685. The van der Waals surface area contributed by atoms with E-state index in [0.29, 0.717) is 24.1 Å². The van der Waals surface area contributed by atoms with Gasteiger partial charge in [0.1, 0.15) is 0 Å². The molecule has 0 aromatic rings. The van der Waals surface area contributed by atoms with Gasteiger partial charge in [0.05, 0.1) is 11.5 Å². The number of carbonyl (C=O) groups is 1. The maximum Gasteiger partial charge on any atom is 0.222 e. The standard InChI is InChI=1S/C17H32N2O3S/c1-2-3-4-5-6-7-17(20)19-11-8-15(9-12-19)18-16-10-13-23(21,22)14-16/h15-16,18H,2-14H2,1H3. The fraction of sp³-hybridized carbons (Fsp3) is 0.941. The lowest BCUT2D eigenvalue weighted by Crippen LogP contribution is -2.48. The van der Waals surface area contributed by atoms with Gasteiger partial charge in [0.25, 0.3) is 0 Å². The molecule has 0 aromatic heterocycles. The Balaban J connectivity index is 1.61. The molecule has 1 atom stereocenters. The predicted molar refractivity (Wildman–Crippen MR) is 93.2 cm³/mol. The lowest BCUT2D eigenvalue weighted by molar-refractivity contribution is -0.132. The first kappa shape index (κ1) is 18.7. The molecule has 0 aromatic carbocycles. The number of amides is 1. The minimum absolute atomic E-state index is 0.116. The van der Waals surface area contributed by atoms with Crippen molar-refractivity contribution in [1.29, 1.82) is 0 Å². The second kappa shape index (κ2) is 9.02. The molecule has 23 heavy (non-hydrogen) atoms. The summed E-state index contributed by atoms with van der Waals surface area (Å²) < 4.78 is 23.0. The van der Waals surface area contributed by atoms with Gasteiger partial charge in [-0.25, -0.2) is 8.42 Å². The highest BCUT2D eigenvalue weighted by Gasteiger charge is 2.31. The molecule has 1 N–H and O–H groups in total. The lowest BCUT2D eigenvalue weighted by atomic mass is 10.0. The third kappa shape index (κ3) is 6.42. The number of hydrogen-bond acceptors (Lipinski definition) is 4. The van der Waals surface area contributed by atoms with E-state index in [9.17, 15) is 13.2 Å². The molecule has 0 aliphatic carbocycles. The first-order chi connectivity index (χ1) is 11.0. The van der Waals surface area contributed by atoms with Crippen molar-refractivity contribution >= 4 is 15.7 Å². The normalized spacial score (nSPS) is 24.9. The highest BCUT2D eigenvalue weighted by molar-refractivity contribution is 7.91. The second-order valence-electron chi connectivity index (χ2n) is 7.09. The third-order valence-corrected chi connectivity index (χ3v) is 6.81. The highest BCUT2D eigenvalue weighted by Crippen LogP contribution is 2.17. The lowest BCUT2D eigenvalue weighted by Gasteiger charge is -2.34. The van der Waals surface area contributed by atoms with Crippen molar-refractivity contribution in [3.05, 3.63) is 0 Å². The third-order valence-electron chi connectivity index (χ3n) is 5.05. The summed E-state index contributed by atoms with van der Waals surface area (Å²) in [6, 6.07) is 0.479. The van der Waals surface area contributed by atoms with Crippen molar-refractivity contribution in [3.63, 3.8) is 0 Å². The van der Waals surface area contributed by atoms with E-state index in [1.165, 1.54) is 19.3 Å². The van der Waals surface area contributed by atoms with Crippen LogP contribution >= 0.6 is 0 Å². The molecular weight excluding hydrogens is 312 g/mol. The Morgan fingerprint density at radius 3 is 2.35 bits per heavy atom. The van der Waals surface area contributed by atoms with E-state index in [2.05, 4.69) is 12.2 Å². The van der Waals surface area contributed by atoms with E-state index < -0.39 is 9.84 Å². The number of nitrogens with one attached hydrogen (secondary N) is 1. The van der Waals surface area contributed by atoms with Crippen molar-refractivity contribution in [2.75, 3.05) is 24.6 Å². The Bertz CT molecular complexity index is 470. The van der Waals surface area contributed by atoms with E-state index in [0.717, 1.165) is 45.2 Å². The zero-order valence-corrected chi connectivity index (χ0v) is 15.2. The van der Waals surface area contributed by atoms with Crippen LogP contribution in [0.5, 0.6) is 0 Å². The molecule has 2 saturated heterocycles. The first-order valence-corrected chi connectivity index (χ1v) is 11.1. The van der Waals surface area contributed by atoms with Gasteiger partial charge in [-0.3, -0.25) is 4.79 Å². The number of hydrogen-bond donors (Lipinski definition) is 1. The number of carbonyl (C=O) groups excluding carboxylic acids is 1. The zero-order valence-electron chi connectivity index (χ0n) is 14.4. The zero-order chi connectivity index (χ0) is 16.7. The SMILES string of the molecule is CCCCCCCC(=O)N1CCC(NC2CCS(=O)(=O)C2)CC1. The number of nitrogens with zero attached hydrogens (tertiary/aromatic N) is 1. The second-order valence-corrected chi connectivity index (χ2v) is 9.31. The maximum atomic E-state index is 12.2. The van der Waals surface area contributed by atoms with Gasteiger partial charge in [-0.05, 0) is 25.7 Å². The number of rotatable bonds is 8. The number of piperidine rings is 1. The van der Waals surface area contributed by atoms with Gasteiger partial charge in [-0.1, -0.05) is 32.6 Å². The summed E-state index contributed by atoms with van der Waals surface area (Å²) in [4.78, 5) is 14.2. The summed E-state index contributed by atoms with van der Waals surface area (Å²) in [6.45, 7) is 3.82. The average Bonchev–Trinajstić information content (AvgIpc) is 2.86. The molecule has 0 spiro atoms. The Kier molecular flexibility index (Phi) is 7.34. The number of sulfone groups is 1. The maximum absolute atomic E-state index is 12.2. The highest BCUT2D eigenvalue weighted by atomic mass is 32.2. The predicted octanol–water partition coefficient (Wildman–Crippen LogP) is 2.11. The summed E-state index contributed by atoms with van der Waals surface area (Å²) in [6.07, 6.45) is 9.21. The molecule has 1 amide bonds. The van der Waals surface area contributed by atoms with E-state index >= 15 is 0 Å². The van der Waals surface area contributed by atoms with Crippen LogP contribution in [0.2, 0.25) is 0 Å². The molecule has 1 unspecified atom stereocenters. The Morgan fingerprint density at radius 2 is 1.74 bits per heavy atom. The van der Waals surface area contributed by atoms with Gasteiger partial charge in [0, 0.05) is 31.6 Å². The van der Waals surface area contributed by atoms with Crippen molar-refractivity contribution < 1.29 is 13.2 Å². The van der Waals surface area contributed by atoms with Crippen molar-refractivity contribution in [2.24, 2.45) is 0 Å². The van der Waals surface area contributed by atoms with E-state index in [1.54, 1.807) is 0 Å². The van der Waals surface area contributed by atoms with Gasteiger partial charge in [-0.2, -0.15) is 0 Å². The van der Waals surface area contributed by atoms with E-state index in [-0.39, 0.29) is 11.8 Å². The summed E-state index contributed by atoms with van der Waals surface area (Å²) in [5, 5.41) is 3.48. The molecule has 0 radical (unpaired) electrons. The van der Waals surface area contributed by atoms with Crippen molar-refractivity contribution in [2.45, 2.75) is 76.8 Å². The van der Waals surface area contributed by atoms with Crippen LogP contribution in [0, 0.1) is 0 Å². The molecule has 2 fully saturated rings. The molecule has 0 bridgehead atoms. The summed E-state index contributed by atoms with van der Waals surface area (Å²) >= 11 is 0. The van der Waals surface area contributed by atoms with E-state index in [4.69, 9.17) is 0 Å². The molecule has 5 nitrogen and oxygen atoms in total. The van der Waals surface area contributed by atoms with Crippen LogP contribution in [0.15, 0.2) is 0 Å². The van der Waals surface area contributed by atoms with E-state index in [1.807, 2.05) is 4.90 Å². The topological polar surface area (TPSA) is 66.5 Å². The molecule has 2 aliphatic rings. The monoisotopic (exact) mass is 344 g/mol. The molecule has 2 rings (SSSR count). The summed E-state index contributed by atoms with van der Waals surface area (Å²) in [7, 11) is -2.81. The van der Waals surface area contributed by atoms with Crippen LogP contribution in [-0.2, 0) is 14.6 Å². The molecular formula is C17H32N2O3S. The molecule has 2 heterocycles. The van der Waals surface area contributed by atoms with Gasteiger partial charge in [0.2, 0.25) is 5.91 Å². The van der Waals surface area contributed by atoms with Gasteiger partial charge < -0.3 is 10.2 Å². The van der Waals surface area contributed by atoms with Crippen LogP contribution in [0.4, 0.5) is 0 Å². The smallest absolute Gasteiger partial charge is 0.222 e. The Morgan fingerprint density at radius 1 is 1.04 bits per heavy atom. The average molecular weight is 345 g/mol. The number of likely N-dealkylation sites (tertiary alicyclic amines) is 1. The van der Waals surface area contributed by atoms with Crippen LogP contribution < -0.4 is 5.32 Å². The first-order valence-electron chi connectivity index (χ1n) is 9.24. The minimum Gasteiger partial charge on any atom is -0.343 e. The van der Waals surface area contributed by atoms with Crippen LogP contribution in [0.1, 0.15) is 64.7 Å². The molecule has 0 saturated carbocycles. The minimum atomic E-state index is -2.81. The Labute approximate surface area is 141 Å². The fourth-order valence-corrected chi connectivity index (χ4v) is 5.28. The summed E-state index contributed by atoms with van der Waals surface area (Å²) in [5.74, 6) is 0.896. The molecule has 2 aliphatic heterocycles. The van der Waals surface area contributed by atoms with Crippen molar-refractivity contribution in [3.8, 4) is 0 Å². The van der Waals surface area contributed by atoms with Gasteiger partial charge in [0.15, 0.2) is 9.84 Å². The van der Waals surface area contributed by atoms with Gasteiger partial charge in [-0.15, -0.1) is 0 Å². The fourth-order valence-electron chi connectivity index (χ4n) is 3.59. The molecule has 6 heteroatoms. The van der Waals surface area contributed by atoms with Crippen LogP contribution in [0.3, 0.4) is 0 Å². The Hall–Kier alpha value is -0.620. The van der Waals surface area contributed by atoms with Crippen LogP contribution in [0.25, 0.3) is 0 Å². The molecule has 134 valence electrons. The van der Waals surface area contributed by atoms with Gasteiger partial charge >= 0.3 is 0 Å².